The lowest BCUT2D eigenvalue weighted by atomic mass is 9.77. The van der Waals surface area contributed by atoms with Crippen molar-refractivity contribution in [3.63, 3.8) is 0 Å². The van der Waals surface area contributed by atoms with Gasteiger partial charge in [-0.15, -0.1) is 0 Å². The van der Waals surface area contributed by atoms with E-state index in [0.29, 0.717) is 5.92 Å². The third-order valence-corrected chi connectivity index (χ3v) is 4.42. The van der Waals surface area contributed by atoms with Crippen molar-refractivity contribution in [2.24, 2.45) is 5.92 Å². The van der Waals surface area contributed by atoms with Crippen LogP contribution in [-0.2, 0) is 0 Å². The van der Waals surface area contributed by atoms with Crippen molar-refractivity contribution in [3.8, 4) is 0 Å². The molecule has 0 aliphatic carbocycles. The summed E-state index contributed by atoms with van der Waals surface area (Å²) in [7, 11) is 0. The molecule has 0 spiro atoms. The molecule has 3 rings (SSSR count). The molecule has 0 saturated heterocycles. The number of rotatable bonds is 5. The number of allylic oxidation sites excluding steroid dienone is 1. The summed E-state index contributed by atoms with van der Waals surface area (Å²) in [5, 5.41) is 0. The summed E-state index contributed by atoms with van der Waals surface area (Å²) in [5.74, 6) is 0.584. The highest BCUT2D eigenvalue weighted by Crippen LogP contribution is 2.38. The van der Waals surface area contributed by atoms with Gasteiger partial charge in [0.2, 0.25) is 0 Å². The summed E-state index contributed by atoms with van der Waals surface area (Å²) in [5.41, 5.74) is 4.94. The SMILES string of the molecule is C=C(c1ccncc1)C(C)C(c1ccccc1)c1ccccc1. The number of hydrogen-bond donors (Lipinski definition) is 0. The van der Waals surface area contributed by atoms with E-state index in [-0.39, 0.29) is 5.92 Å². The van der Waals surface area contributed by atoms with Crippen LogP contribution >= 0.6 is 0 Å². The van der Waals surface area contributed by atoms with Crippen molar-refractivity contribution in [2.45, 2.75) is 12.8 Å². The van der Waals surface area contributed by atoms with Gasteiger partial charge in [-0.25, -0.2) is 0 Å². The topological polar surface area (TPSA) is 12.9 Å². The zero-order valence-electron chi connectivity index (χ0n) is 13.4. The van der Waals surface area contributed by atoms with E-state index in [1.165, 1.54) is 11.1 Å². The Hall–Kier alpha value is -2.67. The number of nitrogens with zero attached hydrogens (tertiary/aromatic N) is 1. The molecular formula is C22H21N. The molecule has 1 heteroatoms. The summed E-state index contributed by atoms with van der Waals surface area (Å²) in [6.07, 6.45) is 3.65. The molecule has 0 aliphatic rings. The minimum atomic E-state index is 0.290. The van der Waals surface area contributed by atoms with E-state index in [1.54, 1.807) is 0 Å². The molecule has 23 heavy (non-hydrogen) atoms. The first kappa shape index (κ1) is 15.2. The fraction of sp³-hybridized carbons (Fsp3) is 0.136. The molecule has 0 N–H and O–H groups in total. The molecule has 0 saturated carbocycles. The first-order valence-corrected chi connectivity index (χ1v) is 7.96. The first-order valence-electron chi connectivity index (χ1n) is 7.96. The summed E-state index contributed by atoms with van der Waals surface area (Å²) in [6, 6.07) is 25.4. The van der Waals surface area contributed by atoms with Crippen LogP contribution in [0.15, 0.2) is 91.8 Å². The van der Waals surface area contributed by atoms with E-state index in [1.807, 2.05) is 24.5 Å². The smallest absolute Gasteiger partial charge is 0.0273 e. The van der Waals surface area contributed by atoms with Gasteiger partial charge in [-0.1, -0.05) is 74.2 Å². The van der Waals surface area contributed by atoms with Crippen LogP contribution in [0, 0.1) is 5.92 Å². The van der Waals surface area contributed by atoms with E-state index >= 15 is 0 Å². The Morgan fingerprint density at radius 2 is 1.26 bits per heavy atom. The Balaban J connectivity index is 2.00. The fourth-order valence-electron chi connectivity index (χ4n) is 3.12. The van der Waals surface area contributed by atoms with Crippen molar-refractivity contribution in [1.29, 1.82) is 0 Å². The van der Waals surface area contributed by atoms with Gasteiger partial charge in [0.15, 0.2) is 0 Å². The lowest BCUT2D eigenvalue weighted by molar-refractivity contribution is 0.642. The van der Waals surface area contributed by atoms with Gasteiger partial charge < -0.3 is 0 Å². The van der Waals surface area contributed by atoms with E-state index in [0.717, 1.165) is 11.1 Å². The van der Waals surface area contributed by atoms with E-state index in [4.69, 9.17) is 0 Å². The Morgan fingerprint density at radius 1 is 0.783 bits per heavy atom. The molecule has 0 aliphatic heterocycles. The molecule has 0 bridgehead atoms. The zero-order chi connectivity index (χ0) is 16.1. The maximum absolute atomic E-state index is 4.37. The number of pyridine rings is 1. The van der Waals surface area contributed by atoms with Gasteiger partial charge in [-0.2, -0.15) is 0 Å². The molecule has 0 fully saturated rings. The maximum atomic E-state index is 4.37. The lowest BCUT2D eigenvalue weighted by Crippen LogP contribution is -2.13. The molecular weight excluding hydrogens is 278 g/mol. The lowest BCUT2D eigenvalue weighted by Gasteiger charge is -2.27. The average molecular weight is 299 g/mol. The summed E-state index contributed by atoms with van der Waals surface area (Å²) in [4.78, 5) is 4.11. The number of hydrogen-bond acceptors (Lipinski definition) is 1. The Bertz CT molecular complexity index is 708. The van der Waals surface area contributed by atoms with Gasteiger partial charge >= 0.3 is 0 Å². The molecule has 114 valence electrons. The van der Waals surface area contributed by atoms with E-state index < -0.39 is 0 Å². The quantitative estimate of drug-likeness (QED) is 0.600. The molecule has 1 atom stereocenters. The highest BCUT2D eigenvalue weighted by atomic mass is 14.6. The molecule has 3 aromatic rings. The minimum absolute atomic E-state index is 0.290. The molecule has 1 nitrogen and oxygen atoms in total. The van der Waals surface area contributed by atoms with Crippen LogP contribution in [0.5, 0.6) is 0 Å². The van der Waals surface area contributed by atoms with Gasteiger partial charge in [0.1, 0.15) is 0 Å². The highest BCUT2D eigenvalue weighted by Gasteiger charge is 2.23. The van der Waals surface area contributed by atoms with Gasteiger partial charge in [0, 0.05) is 18.3 Å². The van der Waals surface area contributed by atoms with Crippen LogP contribution < -0.4 is 0 Å². The fourth-order valence-corrected chi connectivity index (χ4v) is 3.12. The van der Waals surface area contributed by atoms with Crippen LogP contribution in [0.4, 0.5) is 0 Å². The van der Waals surface area contributed by atoms with Crippen molar-refractivity contribution in [3.05, 3.63) is 108 Å². The Kier molecular flexibility index (Phi) is 4.68. The van der Waals surface area contributed by atoms with Crippen molar-refractivity contribution < 1.29 is 0 Å². The standard InChI is InChI=1S/C22H21N/c1-17(19-13-15-23-16-14-19)18(2)22(20-9-5-3-6-10-20)21-11-7-4-8-12-21/h3-16,18,22H,1H2,2H3. The van der Waals surface area contributed by atoms with Crippen LogP contribution in [0.25, 0.3) is 5.57 Å². The van der Waals surface area contributed by atoms with Crippen LogP contribution in [-0.4, -0.2) is 4.98 Å². The maximum Gasteiger partial charge on any atom is 0.0273 e. The van der Waals surface area contributed by atoms with Gasteiger partial charge in [0.05, 0.1) is 0 Å². The highest BCUT2D eigenvalue weighted by molar-refractivity contribution is 5.66. The predicted octanol–water partition coefficient (Wildman–Crippen LogP) is 5.56. The first-order chi connectivity index (χ1) is 11.3. The largest absolute Gasteiger partial charge is 0.265 e. The molecule has 0 amide bonds. The molecule has 1 unspecified atom stereocenters. The Morgan fingerprint density at radius 3 is 1.74 bits per heavy atom. The van der Waals surface area contributed by atoms with E-state index in [2.05, 4.69) is 79.2 Å². The van der Waals surface area contributed by atoms with Crippen LogP contribution in [0.2, 0.25) is 0 Å². The molecule has 2 aromatic carbocycles. The third kappa shape index (κ3) is 3.40. The average Bonchev–Trinajstić information content (AvgIpc) is 2.64. The third-order valence-electron chi connectivity index (χ3n) is 4.42. The summed E-state index contributed by atoms with van der Waals surface area (Å²) < 4.78 is 0. The van der Waals surface area contributed by atoms with Gasteiger partial charge in [-0.3, -0.25) is 4.98 Å². The van der Waals surface area contributed by atoms with Crippen LogP contribution in [0.1, 0.15) is 29.5 Å². The second-order valence-electron chi connectivity index (χ2n) is 5.85. The van der Waals surface area contributed by atoms with Gasteiger partial charge in [0.25, 0.3) is 0 Å². The number of aromatic nitrogens is 1. The Labute approximate surface area is 138 Å². The minimum Gasteiger partial charge on any atom is -0.265 e. The molecule has 1 heterocycles. The van der Waals surface area contributed by atoms with Crippen molar-refractivity contribution in [1.82, 2.24) is 4.98 Å². The predicted molar refractivity (Wildman–Crippen MR) is 97.2 cm³/mol. The van der Waals surface area contributed by atoms with Gasteiger partial charge in [-0.05, 0) is 40.3 Å². The van der Waals surface area contributed by atoms with E-state index in [9.17, 15) is 0 Å². The second-order valence-corrected chi connectivity index (χ2v) is 5.85. The van der Waals surface area contributed by atoms with Crippen LogP contribution in [0.3, 0.4) is 0 Å². The van der Waals surface area contributed by atoms with Crippen molar-refractivity contribution >= 4 is 5.57 Å². The monoisotopic (exact) mass is 299 g/mol. The zero-order valence-corrected chi connectivity index (χ0v) is 13.4. The summed E-state index contributed by atoms with van der Waals surface area (Å²) >= 11 is 0. The van der Waals surface area contributed by atoms with Crippen molar-refractivity contribution in [2.75, 3.05) is 0 Å². The summed E-state index contributed by atoms with van der Waals surface area (Å²) in [6.45, 7) is 6.63. The second kappa shape index (κ2) is 7.06. The molecule has 1 aromatic heterocycles. The normalized spacial score (nSPS) is 12.1. The molecule has 0 radical (unpaired) electrons. The number of benzene rings is 2.